The van der Waals surface area contributed by atoms with Crippen LogP contribution in [0, 0.1) is 0 Å². The monoisotopic (exact) mass is 318 g/mol. The number of carbonyl (C=O) groups is 1. The predicted octanol–water partition coefficient (Wildman–Crippen LogP) is 0.618. The van der Waals surface area contributed by atoms with Crippen molar-refractivity contribution in [2.45, 2.75) is 6.92 Å². The van der Waals surface area contributed by atoms with Crippen molar-refractivity contribution in [3.8, 4) is 0 Å². The molecule has 1 aromatic heterocycles. The maximum absolute atomic E-state index is 11.2. The second-order valence-electron chi connectivity index (χ2n) is 5.25. The average Bonchev–Trinajstić information content (AvgIpc) is 2.82. The summed E-state index contributed by atoms with van der Waals surface area (Å²) in [6.07, 6.45) is 3.90. The SMILES string of the molecule is CC(=O)Nc1ccc(NCCN)c(NNc2n(C)cc[n+]2C)c1. The van der Waals surface area contributed by atoms with E-state index in [0.29, 0.717) is 13.1 Å². The van der Waals surface area contributed by atoms with Gasteiger partial charge in [-0.2, -0.15) is 5.43 Å². The first kappa shape index (κ1) is 16.6. The number of nitrogens with two attached hydrogens (primary N) is 1. The van der Waals surface area contributed by atoms with Gasteiger partial charge in [-0.25, -0.2) is 14.6 Å². The normalized spacial score (nSPS) is 10.3. The molecule has 8 nitrogen and oxygen atoms in total. The summed E-state index contributed by atoms with van der Waals surface area (Å²) in [5.41, 5.74) is 14.3. The van der Waals surface area contributed by atoms with Crippen LogP contribution in [0.25, 0.3) is 0 Å². The van der Waals surface area contributed by atoms with E-state index >= 15 is 0 Å². The van der Waals surface area contributed by atoms with Crippen LogP contribution in [0.15, 0.2) is 30.6 Å². The fourth-order valence-corrected chi connectivity index (χ4v) is 2.18. The molecule has 23 heavy (non-hydrogen) atoms. The standard InChI is InChI=1S/C15H23N7O/c1-11(23)18-12-4-5-13(17-7-6-16)14(10-12)19-20-15-21(2)8-9-22(15)3/h4-5,8-10,17,19H,6-7,16H2,1-3H3,(H,18,23)/p+1. The van der Waals surface area contributed by atoms with Gasteiger partial charge in [-0.3, -0.25) is 4.79 Å². The largest absolute Gasteiger partial charge is 0.382 e. The van der Waals surface area contributed by atoms with Gasteiger partial charge in [0.1, 0.15) is 0 Å². The van der Waals surface area contributed by atoms with Gasteiger partial charge < -0.3 is 16.4 Å². The first-order valence-corrected chi connectivity index (χ1v) is 7.40. The van der Waals surface area contributed by atoms with Gasteiger partial charge in [0.2, 0.25) is 5.91 Å². The van der Waals surface area contributed by atoms with Gasteiger partial charge in [0.25, 0.3) is 0 Å². The molecule has 8 heteroatoms. The highest BCUT2D eigenvalue weighted by atomic mass is 16.1. The van der Waals surface area contributed by atoms with Crippen molar-refractivity contribution in [2.75, 3.05) is 34.6 Å². The van der Waals surface area contributed by atoms with Gasteiger partial charge in [0.05, 0.1) is 37.9 Å². The third kappa shape index (κ3) is 4.36. The molecule has 0 saturated heterocycles. The maximum atomic E-state index is 11.2. The molecule has 1 heterocycles. The lowest BCUT2D eigenvalue weighted by Crippen LogP contribution is -2.32. The number of hydrogen-bond acceptors (Lipinski definition) is 5. The molecule has 0 aliphatic rings. The molecule has 0 atom stereocenters. The van der Waals surface area contributed by atoms with Crippen LogP contribution in [0.2, 0.25) is 0 Å². The molecular weight excluding hydrogens is 294 g/mol. The van der Waals surface area contributed by atoms with Crippen LogP contribution >= 0.6 is 0 Å². The van der Waals surface area contributed by atoms with Crippen LogP contribution in [0.3, 0.4) is 0 Å². The van der Waals surface area contributed by atoms with E-state index in [1.54, 1.807) is 0 Å². The Balaban J connectivity index is 2.20. The number of hydrogen-bond donors (Lipinski definition) is 5. The van der Waals surface area contributed by atoms with Crippen LogP contribution in [0.5, 0.6) is 0 Å². The fraction of sp³-hybridized carbons (Fsp3) is 0.333. The molecule has 124 valence electrons. The summed E-state index contributed by atoms with van der Waals surface area (Å²) in [5.74, 6) is 0.778. The summed E-state index contributed by atoms with van der Waals surface area (Å²) in [7, 11) is 3.90. The zero-order valence-electron chi connectivity index (χ0n) is 13.7. The van der Waals surface area contributed by atoms with Gasteiger partial charge >= 0.3 is 5.95 Å². The van der Waals surface area contributed by atoms with E-state index in [-0.39, 0.29) is 5.91 Å². The van der Waals surface area contributed by atoms with Gasteiger partial charge in [0.15, 0.2) is 0 Å². The molecule has 0 bridgehead atoms. The number of rotatable bonds is 7. The van der Waals surface area contributed by atoms with E-state index in [1.165, 1.54) is 6.92 Å². The minimum Gasteiger partial charge on any atom is -0.382 e. The molecule has 0 aliphatic heterocycles. The highest BCUT2D eigenvalue weighted by Gasteiger charge is 2.12. The van der Waals surface area contributed by atoms with E-state index in [1.807, 2.05) is 53.8 Å². The topological polar surface area (TPSA) is 100 Å². The van der Waals surface area contributed by atoms with Gasteiger partial charge in [-0.1, -0.05) is 0 Å². The zero-order valence-corrected chi connectivity index (χ0v) is 13.7. The van der Waals surface area contributed by atoms with Gasteiger partial charge in [-0.15, -0.1) is 0 Å². The first-order valence-electron chi connectivity index (χ1n) is 7.40. The Morgan fingerprint density at radius 1 is 1.30 bits per heavy atom. The minimum atomic E-state index is -0.111. The van der Waals surface area contributed by atoms with Crippen LogP contribution in [0.4, 0.5) is 23.0 Å². The predicted molar refractivity (Wildman–Crippen MR) is 92.1 cm³/mol. The Labute approximate surface area is 135 Å². The lowest BCUT2D eigenvalue weighted by Gasteiger charge is -2.14. The van der Waals surface area contributed by atoms with Crippen molar-refractivity contribution in [1.29, 1.82) is 0 Å². The fourth-order valence-electron chi connectivity index (χ4n) is 2.18. The number of anilines is 4. The molecule has 0 saturated carbocycles. The molecule has 1 amide bonds. The number of amides is 1. The van der Waals surface area contributed by atoms with Crippen LogP contribution in [0.1, 0.15) is 6.92 Å². The summed E-state index contributed by atoms with van der Waals surface area (Å²) >= 11 is 0. The maximum Gasteiger partial charge on any atom is 0.378 e. The van der Waals surface area contributed by atoms with E-state index in [9.17, 15) is 4.79 Å². The number of nitrogens with one attached hydrogen (secondary N) is 4. The zero-order chi connectivity index (χ0) is 16.8. The van der Waals surface area contributed by atoms with Gasteiger partial charge in [0, 0.05) is 25.7 Å². The van der Waals surface area contributed by atoms with Crippen LogP contribution < -0.4 is 31.8 Å². The van der Waals surface area contributed by atoms with Crippen molar-refractivity contribution in [2.24, 2.45) is 19.8 Å². The lowest BCUT2D eigenvalue weighted by molar-refractivity contribution is -0.656. The van der Waals surface area contributed by atoms with E-state index in [2.05, 4.69) is 21.5 Å². The minimum absolute atomic E-state index is 0.111. The summed E-state index contributed by atoms with van der Waals surface area (Å²) < 4.78 is 3.91. The van der Waals surface area contributed by atoms with Crippen molar-refractivity contribution < 1.29 is 9.36 Å². The van der Waals surface area contributed by atoms with Crippen molar-refractivity contribution in [1.82, 2.24) is 4.57 Å². The number of aromatic nitrogens is 2. The summed E-state index contributed by atoms with van der Waals surface area (Å²) in [5, 5.41) is 6.02. The van der Waals surface area contributed by atoms with Crippen molar-refractivity contribution in [3.63, 3.8) is 0 Å². The summed E-state index contributed by atoms with van der Waals surface area (Å²) in [6, 6.07) is 5.60. The van der Waals surface area contributed by atoms with Crippen LogP contribution in [-0.2, 0) is 18.9 Å². The highest BCUT2D eigenvalue weighted by molar-refractivity contribution is 5.90. The quantitative estimate of drug-likeness (QED) is 0.381. The average molecular weight is 318 g/mol. The molecule has 1 aromatic carbocycles. The number of benzene rings is 1. The van der Waals surface area contributed by atoms with Gasteiger partial charge in [-0.05, 0) is 18.2 Å². The third-order valence-electron chi connectivity index (χ3n) is 3.29. The van der Waals surface area contributed by atoms with E-state index in [4.69, 9.17) is 5.73 Å². The number of aryl methyl sites for hydroxylation is 2. The summed E-state index contributed by atoms with van der Waals surface area (Å²) in [4.78, 5) is 11.2. The molecule has 2 rings (SSSR count). The van der Waals surface area contributed by atoms with E-state index in [0.717, 1.165) is 23.0 Å². The second kappa shape index (κ2) is 7.50. The summed E-state index contributed by atoms with van der Waals surface area (Å²) in [6.45, 7) is 2.68. The third-order valence-corrected chi connectivity index (χ3v) is 3.29. The van der Waals surface area contributed by atoms with Crippen molar-refractivity contribution >= 4 is 28.9 Å². The second-order valence-corrected chi connectivity index (χ2v) is 5.25. The highest BCUT2D eigenvalue weighted by Crippen LogP contribution is 2.25. The Kier molecular flexibility index (Phi) is 5.42. The lowest BCUT2D eigenvalue weighted by atomic mass is 10.2. The molecule has 0 fully saturated rings. The molecule has 0 radical (unpaired) electrons. The molecular formula is C15H24N7O+. The number of carbonyl (C=O) groups excluding carboxylic acids is 1. The Bertz CT molecular complexity index is 661. The smallest absolute Gasteiger partial charge is 0.378 e. The molecule has 2 aromatic rings. The van der Waals surface area contributed by atoms with Crippen molar-refractivity contribution in [3.05, 3.63) is 30.6 Å². The van der Waals surface area contributed by atoms with E-state index < -0.39 is 0 Å². The Hall–Kier alpha value is -2.74. The molecule has 0 unspecified atom stereocenters. The molecule has 6 N–H and O–H groups in total. The Morgan fingerprint density at radius 2 is 2.09 bits per heavy atom. The Morgan fingerprint density at radius 3 is 2.70 bits per heavy atom. The molecule has 0 aliphatic carbocycles. The molecule has 0 spiro atoms. The number of imidazole rings is 1. The first-order chi connectivity index (χ1) is 11.0. The van der Waals surface area contributed by atoms with Crippen LogP contribution in [-0.4, -0.2) is 23.6 Å². The number of nitrogens with zero attached hydrogens (tertiary/aromatic N) is 2. The number of hydrazine groups is 1.